The van der Waals surface area contributed by atoms with Gasteiger partial charge in [0.05, 0.1) is 5.92 Å². The predicted octanol–water partition coefficient (Wildman–Crippen LogP) is 4.29. The van der Waals surface area contributed by atoms with Gasteiger partial charge in [-0.1, -0.05) is 13.0 Å². The van der Waals surface area contributed by atoms with Crippen molar-refractivity contribution in [1.82, 2.24) is 9.80 Å². The number of aliphatic imine (C=N–C) groups is 1. The molecule has 5 nitrogen and oxygen atoms in total. The number of carbonyl (C=O) groups excluding carboxylic acids is 1. The van der Waals surface area contributed by atoms with Crippen LogP contribution < -0.4 is 4.90 Å². The molecule has 4 rings (SSSR count). The first-order valence-electron chi connectivity index (χ1n) is 10.4. The van der Waals surface area contributed by atoms with Gasteiger partial charge in [0.2, 0.25) is 0 Å². The van der Waals surface area contributed by atoms with E-state index >= 15 is 0 Å². The number of anilines is 1. The Morgan fingerprint density at radius 2 is 2.03 bits per heavy atom. The molecule has 1 spiro atoms. The monoisotopic (exact) mass is 426 g/mol. The molecule has 2 fully saturated rings. The van der Waals surface area contributed by atoms with Gasteiger partial charge in [0, 0.05) is 31.4 Å². The van der Waals surface area contributed by atoms with Crippen molar-refractivity contribution in [1.29, 1.82) is 0 Å². The normalized spacial score (nSPS) is 30.5. The first-order chi connectivity index (χ1) is 14.2. The largest absolute Gasteiger partial charge is 0.393 e. The lowest BCUT2D eigenvalue weighted by Gasteiger charge is -2.49. The molecule has 0 radical (unpaired) electrons. The van der Waals surface area contributed by atoms with E-state index in [0.717, 1.165) is 6.54 Å². The van der Waals surface area contributed by atoms with Crippen LogP contribution in [-0.2, 0) is 0 Å². The van der Waals surface area contributed by atoms with E-state index in [4.69, 9.17) is 0 Å². The molecule has 0 aromatic heterocycles. The van der Waals surface area contributed by atoms with Crippen LogP contribution in [0, 0.1) is 11.7 Å². The number of halogens is 4. The van der Waals surface area contributed by atoms with Crippen LogP contribution in [0.25, 0.3) is 0 Å². The van der Waals surface area contributed by atoms with Crippen LogP contribution in [0.3, 0.4) is 0 Å². The van der Waals surface area contributed by atoms with E-state index in [1.165, 1.54) is 23.1 Å². The smallest absolute Gasteiger partial charge is 0.357 e. The zero-order valence-electron chi connectivity index (χ0n) is 17.1. The Morgan fingerprint density at radius 3 is 2.63 bits per heavy atom. The third-order valence-corrected chi connectivity index (χ3v) is 6.73. The number of nitrogens with zero attached hydrogens (tertiary/aromatic N) is 4. The molecule has 0 bridgehead atoms. The number of hydrogen-bond acceptors (Lipinski definition) is 3. The number of amides is 2. The third kappa shape index (κ3) is 3.46. The molecular formula is C21H26F4N4O. The van der Waals surface area contributed by atoms with E-state index in [9.17, 15) is 22.4 Å². The van der Waals surface area contributed by atoms with Gasteiger partial charge >= 0.3 is 12.2 Å². The van der Waals surface area contributed by atoms with Gasteiger partial charge in [-0.2, -0.15) is 18.2 Å². The Morgan fingerprint density at radius 1 is 1.27 bits per heavy atom. The maximum Gasteiger partial charge on any atom is 0.393 e. The number of benzene rings is 1. The highest BCUT2D eigenvalue weighted by Gasteiger charge is 2.56. The van der Waals surface area contributed by atoms with E-state index in [1.54, 1.807) is 11.0 Å². The van der Waals surface area contributed by atoms with E-state index in [1.807, 2.05) is 0 Å². The molecule has 2 amide bonds. The molecular weight excluding hydrogens is 400 g/mol. The van der Waals surface area contributed by atoms with Crippen molar-refractivity contribution in [2.24, 2.45) is 10.9 Å². The number of piperidine rings is 1. The summed E-state index contributed by atoms with van der Waals surface area (Å²) in [4.78, 5) is 22.7. The van der Waals surface area contributed by atoms with Gasteiger partial charge in [0.15, 0.2) is 0 Å². The highest BCUT2D eigenvalue weighted by atomic mass is 19.4. The van der Waals surface area contributed by atoms with Crippen molar-refractivity contribution in [3.63, 3.8) is 0 Å². The number of amidine groups is 1. The standard InChI is InChI=1S/C21H26F4N4O/c1-3-27-10-8-20(12-14(27)2)18(28-9-7-15(13-28)21(23,24)25)26-19(30)29(20)17-6-4-5-16(22)11-17/h4-6,11,14-15H,3,7-10,12-13H2,1-2H3/t14-,15?,20+/m0/s1. The summed E-state index contributed by atoms with van der Waals surface area (Å²) in [6.45, 7) is 5.66. The molecule has 30 heavy (non-hydrogen) atoms. The van der Waals surface area contributed by atoms with Crippen molar-refractivity contribution < 1.29 is 22.4 Å². The van der Waals surface area contributed by atoms with Crippen LogP contribution in [0.15, 0.2) is 29.3 Å². The van der Waals surface area contributed by atoms with Gasteiger partial charge in [-0.25, -0.2) is 9.18 Å². The van der Waals surface area contributed by atoms with E-state index in [0.29, 0.717) is 30.9 Å². The summed E-state index contributed by atoms with van der Waals surface area (Å²) in [7, 11) is 0. The molecule has 1 aromatic carbocycles. The molecule has 0 N–H and O–H groups in total. The average molecular weight is 426 g/mol. The summed E-state index contributed by atoms with van der Waals surface area (Å²) in [5.74, 6) is -1.49. The molecule has 1 unspecified atom stereocenters. The SMILES string of the molecule is CCN1CC[C@@]2(C[C@@H]1C)C(N1CCC(C(F)(F)F)C1)=NC(=O)N2c1cccc(F)c1. The van der Waals surface area contributed by atoms with Gasteiger partial charge in [-0.05, 0) is 50.9 Å². The quantitative estimate of drug-likeness (QED) is 0.663. The van der Waals surface area contributed by atoms with Crippen LogP contribution in [0.1, 0.15) is 33.1 Å². The summed E-state index contributed by atoms with van der Waals surface area (Å²) in [5.41, 5.74) is -0.473. The fourth-order valence-electron chi connectivity index (χ4n) is 5.23. The van der Waals surface area contributed by atoms with Crippen molar-refractivity contribution in [2.75, 3.05) is 31.1 Å². The highest BCUT2D eigenvalue weighted by molar-refractivity contribution is 6.16. The van der Waals surface area contributed by atoms with Gasteiger partial charge in [-0.3, -0.25) is 4.90 Å². The summed E-state index contributed by atoms with van der Waals surface area (Å²) in [5, 5.41) is 0. The number of likely N-dealkylation sites (tertiary alicyclic amines) is 2. The van der Waals surface area contributed by atoms with E-state index in [-0.39, 0.29) is 25.6 Å². The number of rotatable bonds is 2. The molecule has 164 valence electrons. The zero-order valence-corrected chi connectivity index (χ0v) is 17.1. The van der Waals surface area contributed by atoms with Crippen LogP contribution in [0.2, 0.25) is 0 Å². The zero-order chi connectivity index (χ0) is 21.7. The Balaban J connectivity index is 1.73. The maximum absolute atomic E-state index is 14.0. The Kier molecular flexibility index (Phi) is 5.28. The van der Waals surface area contributed by atoms with Gasteiger partial charge < -0.3 is 9.80 Å². The Hall–Kier alpha value is -2.16. The van der Waals surface area contributed by atoms with Crippen molar-refractivity contribution >= 4 is 17.6 Å². The van der Waals surface area contributed by atoms with E-state index < -0.39 is 29.5 Å². The average Bonchev–Trinajstić information content (AvgIpc) is 3.25. The minimum atomic E-state index is -4.27. The van der Waals surface area contributed by atoms with Gasteiger partial charge in [0.25, 0.3) is 0 Å². The van der Waals surface area contributed by atoms with Crippen LogP contribution in [0.5, 0.6) is 0 Å². The Labute approximate surface area is 173 Å². The first kappa shape index (κ1) is 21.1. The summed E-state index contributed by atoms with van der Waals surface area (Å²) in [6, 6.07) is 5.34. The molecule has 0 saturated carbocycles. The fraction of sp³-hybridized carbons (Fsp3) is 0.619. The number of alkyl halides is 3. The van der Waals surface area contributed by atoms with Crippen LogP contribution >= 0.6 is 0 Å². The molecule has 1 aromatic rings. The lowest BCUT2D eigenvalue weighted by atomic mass is 9.80. The third-order valence-electron chi connectivity index (χ3n) is 6.73. The molecule has 3 heterocycles. The second kappa shape index (κ2) is 7.51. The summed E-state index contributed by atoms with van der Waals surface area (Å²) >= 11 is 0. The second-order valence-corrected chi connectivity index (χ2v) is 8.47. The van der Waals surface area contributed by atoms with Crippen LogP contribution in [0.4, 0.5) is 28.0 Å². The first-order valence-corrected chi connectivity index (χ1v) is 10.4. The fourth-order valence-corrected chi connectivity index (χ4v) is 5.23. The number of hydrogen-bond donors (Lipinski definition) is 0. The molecule has 3 atom stereocenters. The number of carbonyl (C=O) groups is 1. The number of urea groups is 1. The van der Waals surface area contributed by atoms with E-state index in [2.05, 4.69) is 23.7 Å². The molecule has 3 aliphatic rings. The molecule has 9 heteroatoms. The Bertz CT molecular complexity index is 858. The van der Waals surface area contributed by atoms with Crippen molar-refractivity contribution in [3.8, 4) is 0 Å². The van der Waals surface area contributed by atoms with Gasteiger partial charge in [-0.15, -0.1) is 0 Å². The summed E-state index contributed by atoms with van der Waals surface area (Å²) in [6.07, 6.45) is -3.20. The lowest BCUT2D eigenvalue weighted by Crippen LogP contribution is -2.63. The molecule has 2 saturated heterocycles. The lowest BCUT2D eigenvalue weighted by molar-refractivity contribution is -0.169. The maximum atomic E-state index is 14.0. The van der Waals surface area contributed by atoms with Crippen molar-refractivity contribution in [2.45, 2.75) is 50.9 Å². The minimum Gasteiger partial charge on any atom is -0.357 e. The molecule has 0 aliphatic carbocycles. The molecule has 3 aliphatic heterocycles. The summed E-state index contributed by atoms with van der Waals surface area (Å²) < 4.78 is 53.8. The van der Waals surface area contributed by atoms with Crippen LogP contribution in [-0.4, -0.2) is 65.6 Å². The highest BCUT2D eigenvalue weighted by Crippen LogP contribution is 2.44. The second-order valence-electron chi connectivity index (χ2n) is 8.47. The minimum absolute atomic E-state index is 0.0105. The topological polar surface area (TPSA) is 39.1 Å². The van der Waals surface area contributed by atoms with Crippen molar-refractivity contribution in [3.05, 3.63) is 30.1 Å². The van der Waals surface area contributed by atoms with Gasteiger partial charge in [0.1, 0.15) is 17.2 Å². The predicted molar refractivity (Wildman–Crippen MR) is 106 cm³/mol.